The van der Waals surface area contributed by atoms with Crippen molar-refractivity contribution >= 4 is 29.2 Å². The van der Waals surface area contributed by atoms with E-state index < -0.39 is 29.0 Å². The van der Waals surface area contributed by atoms with Crippen LogP contribution < -0.4 is 5.32 Å². The summed E-state index contributed by atoms with van der Waals surface area (Å²) in [4.78, 5) is 23.4. The van der Waals surface area contributed by atoms with Crippen molar-refractivity contribution in [3.63, 3.8) is 0 Å². The van der Waals surface area contributed by atoms with Crippen molar-refractivity contribution in [2.24, 2.45) is 5.41 Å². The lowest BCUT2D eigenvalue weighted by molar-refractivity contribution is -0.151. The quantitative estimate of drug-likeness (QED) is 0.788. The summed E-state index contributed by atoms with van der Waals surface area (Å²) < 4.78 is 37.7. The molecule has 0 unspecified atom stereocenters. The molecule has 1 aromatic rings. The minimum absolute atomic E-state index is 0.0103. The predicted molar refractivity (Wildman–Crippen MR) is 80.4 cm³/mol. The molecule has 0 aliphatic carbocycles. The van der Waals surface area contributed by atoms with E-state index in [-0.39, 0.29) is 30.0 Å². The zero-order valence-corrected chi connectivity index (χ0v) is 13.4. The molecular weight excluding hydrogens is 335 g/mol. The van der Waals surface area contributed by atoms with Gasteiger partial charge in [0.15, 0.2) is 0 Å². The second-order valence-corrected chi connectivity index (χ2v) is 5.62. The van der Waals surface area contributed by atoms with Crippen LogP contribution in [0.25, 0.3) is 0 Å². The third-order valence-electron chi connectivity index (χ3n) is 3.88. The summed E-state index contributed by atoms with van der Waals surface area (Å²) in [5.74, 6) is -1.70. The molecule has 0 aliphatic rings. The van der Waals surface area contributed by atoms with E-state index in [0.717, 1.165) is 12.1 Å². The molecule has 0 radical (unpaired) electrons. The van der Waals surface area contributed by atoms with Gasteiger partial charge >= 0.3 is 12.1 Å². The van der Waals surface area contributed by atoms with Crippen LogP contribution in [0.1, 0.15) is 38.7 Å². The van der Waals surface area contributed by atoms with E-state index >= 15 is 0 Å². The van der Waals surface area contributed by atoms with Crippen LogP contribution in [0.4, 0.5) is 18.9 Å². The number of aliphatic carboxylic acids is 1. The average molecular weight is 352 g/mol. The molecule has 8 heteroatoms. The van der Waals surface area contributed by atoms with Gasteiger partial charge in [-0.1, -0.05) is 25.4 Å². The first-order chi connectivity index (χ1) is 10.6. The number of alkyl halides is 3. The Labute approximate surface area is 136 Å². The number of carbonyl (C=O) groups excluding carboxylic acids is 1. The van der Waals surface area contributed by atoms with Gasteiger partial charge in [-0.15, -0.1) is 0 Å². The number of nitrogens with one attached hydrogen (secondary N) is 1. The molecule has 0 spiro atoms. The second-order valence-electron chi connectivity index (χ2n) is 5.21. The van der Waals surface area contributed by atoms with Gasteiger partial charge in [0.2, 0.25) is 5.91 Å². The number of rotatable bonds is 6. The molecule has 0 atom stereocenters. The molecule has 2 N–H and O–H groups in total. The van der Waals surface area contributed by atoms with E-state index in [9.17, 15) is 27.9 Å². The Morgan fingerprint density at radius 1 is 1.22 bits per heavy atom. The van der Waals surface area contributed by atoms with Gasteiger partial charge in [0.25, 0.3) is 0 Å². The number of hydrogen-bond donors (Lipinski definition) is 2. The molecule has 0 aliphatic heterocycles. The first-order valence-corrected chi connectivity index (χ1v) is 7.33. The topological polar surface area (TPSA) is 66.4 Å². The van der Waals surface area contributed by atoms with E-state index in [1.165, 1.54) is 0 Å². The molecular formula is C15H17ClF3NO3. The fourth-order valence-corrected chi connectivity index (χ4v) is 2.40. The first-order valence-electron chi connectivity index (χ1n) is 6.95. The maximum absolute atomic E-state index is 12.6. The monoisotopic (exact) mass is 351 g/mol. The highest BCUT2D eigenvalue weighted by Crippen LogP contribution is 2.35. The second kappa shape index (κ2) is 7.21. The van der Waals surface area contributed by atoms with Crippen LogP contribution in [-0.2, 0) is 15.8 Å². The summed E-state index contributed by atoms with van der Waals surface area (Å²) in [5, 5.41) is 11.4. The van der Waals surface area contributed by atoms with Crippen LogP contribution in [0, 0.1) is 5.41 Å². The Bertz CT molecular complexity index is 598. The van der Waals surface area contributed by atoms with Crippen LogP contribution >= 0.6 is 11.6 Å². The normalized spacial score (nSPS) is 12.1. The van der Waals surface area contributed by atoms with Crippen LogP contribution in [0.5, 0.6) is 0 Å². The summed E-state index contributed by atoms with van der Waals surface area (Å²) in [6, 6.07) is 2.55. The summed E-state index contributed by atoms with van der Waals surface area (Å²) in [6.45, 7) is 3.33. The Hall–Kier alpha value is -1.76. The van der Waals surface area contributed by atoms with Gasteiger partial charge in [-0.3, -0.25) is 9.59 Å². The van der Waals surface area contributed by atoms with Gasteiger partial charge in [0, 0.05) is 6.42 Å². The highest BCUT2D eigenvalue weighted by atomic mass is 35.5. The summed E-state index contributed by atoms with van der Waals surface area (Å²) in [6.07, 6.45) is -4.30. The number of hydrogen-bond acceptors (Lipinski definition) is 2. The smallest absolute Gasteiger partial charge is 0.416 e. The molecule has 0 aromatic heterocycles. The van der Waals surface area contributed by atoms with Gasteiger partial charge in [-0.2, -0.15) is 13.2 Å². The fraction of sp³-hybridized carbons (Fsp3) is 0.467. The lowest BCUT2D eigenvalue weighted by Crippen LogP contribution is -2.34. The largest absolute Gasteiger partial charge is 0.481 e. The van der Waals surface area contributed by atoms with Crippen molar-refractivity contribution in [1.82, 2.24) is 0 Å². The zero-order valence-electron chi connectivity index (χ0n) is 12.6. The van der Waals surface area contributed by atoms with Crippen LogP contribution in [0.3, 0.4) is 0 Å². The summed E-state index contributed by atoms with van der Waals surface area (Å²) >= 11 is 5.75. The molecule has 0 saturated carbocycles. The average Bonchev–Trinajstić information content (AvgIpc) is 2.45. The van der Waals surface area contributed by atoms with E-state index in [0.29, 0.717) is 6.07 Å². The third-order valence-corrected chi connectivity index (χ3v) is 4.19. The minimum Gasteiger partial charge on any atom is -0.481 e. The Morgan fingerprint density at radius 2 is 1.78 bits per heavy atom. The Kier molecular flexibility index (Phi) is 6.04. The highest BCUT2D eigenvalue weighted by molar-refractivity contribution is 6.33. The number of amides is 1. The SMILES string of the molecule is CCC(CC)(CC(=O)Nc1ccc(C(F)(F)F)cc1Cl)C(=O)O. The number of benzene rings is 1. The molecule has 0 bridgehead atoms. The maximum atomic E-state index is 12.6. The number of carboxylic acids is 1. The first kappa shape index (κ1) is 19.3. The molecule has 1 aromatic carbocycles. The lowest BCUT2D eigenvalue weighted by Gasteiger charge is -2.26. The van der Waals surface area contributed by atoms with Gasteiger partial charge < -0.3 is 10.4 Å². The van der Waals surface area contributed by atoms with Gasteiger partial charge in [0.1, 0.15) is 0 Å². The van der Waals surface area contributed by atoms with E-state index in [4.69, 9.17) is 11.6 Å². The zero-order chi connectivity index (χ0) is 17.8. The Balaban J connectivity index is 2.92. The number of carbonyl (C=O) groups is 2. The predicted octanol–water partition coefficient (Wildman–Crippen LogP) is 4.58. The molecule has 1 rings (SSSR count). The molecule has 128 valence electrons. The summed E-state index contributed by atoms with van der Waals surface area (Å²) in [7, 11) is 0. The fourth-order valence-electron chi connectivity index (χ4n) is 2.17. The van der Waals surface area contributed by atoms with Crippen molar-refractivity contribution in [2.45, 2.75) is 39.3 Å². The molecule has 0 heterocycles. The van der Waals surface area contributed by atoms with E-state index in [1.54, 1.807) is 13.8 Å². The van der Waals surface area contributed by atoms with Crippen LogP contribution in [0.15, 0.2) is 18.2 Å². The number of carboxylic acid groups (broad SMARTS) is 1. The van der Waals surface area contributed by atoms with E-state index in [2.05, 4.69) is 5.32 Å². The standard InChI is InChI=1S/C15H17ClF3NO3/c1-3-14(4-2,13(22)23)8-12(21)20-11-6-5-9(7-10(11)16)15(17,18)19/h5-7H,3-4,8H2,1-2H3,(H,20,21)(H,22,23). The molecule has 23 heavy (non-hydrogen) atoms. The van der Waals surface area contributed by atoms with Crippen molar-refractivity contribution in [3.8, 4) is 0 Å². The number of halogens is 4. The molecule has 0 saturated heterocycles. The van der Waals surface area contributed by atoms with Crippen LogP contribution in [0.2, 0.25) is 5.02 Å². The minimum atomic E-state index is -4.53. The number of anilines is 1. The van der Waals surface area contributed by atoms with Crippen molar-refractivity contribution in [1.29, 1.82) is 0 Å². The molecule has 4 nitrogen and oxygen atoms in total. The van der Waals surface area contributed by atoms with E-state index in [1.807, 2.05) is 0 Å². The van der Waals surface area contributed by atoms with Crippen molar-refractivity contribution < 1.29 is 27.9 Å². The Morgan fingerprint density at radius 3 is 2.17 bits per heavy atom. The summed E-state index contributed by atoms with van der Waals surface area (Å²) in [5.41, 5.74) is -2.12. The highest BCUT2D eigenvalue weighted by Gasteiger charge is 2.37. The lowest BCUT2D eigenvalue weighted by atomic mass is 9.79. The van der Waals surface area contributed by atoms with Crippen molar-refractivity contribution in [3.05, 3.63) is 28.8 Å². The molecule has 1 amide bonds. The van der Waals surface area contributed by atoms with Gasteiger partial charge in [-0.25, -0.2) is 0 Å². The maximum Gasteiger partial charge on any atom is 0.416 e. The van der Waals surface area contributed by atoms with Crippen molar-refractivity contribution in [2.75, 3.05) is 5.32 Å². The van der Waals surface area contributed by atoms with Crippen LogP contribution in [-0.4, -0.2) is 17.0 Å². The molecule has 0 fully saturated rings. The van der Waals surface area contributed by atoms with Gasteiger partial charge in [0.05, 0.1) is 21.7 Å². The van der Waals surface area contributed by atoms with Gasteiger partial charge in [-0.05, 0) is 31.0 Å². The third kappa shape index (κ3) is 4.60.